The first-order valence-electron chi connectivity index (χ1n) is 14.5. The minimum atomic E-state index is -0.194. The Bertz CT molecular complexity index is 1330. The predicted molar refractivity (Wildman–Crippen MR) is 170 cm³/mol. The topological polar surface area (TPSA) is 0 Å². The molecule has 42 heavy (non-hydrogen) atoms. The Labute approximate surface area is 282 Å². The number of hydrogen-bond donors (Lipinski definition) is 0. The summed E-state index contributed by atoms with van der Waals surface area (Å²) in [5, 5.41) is 0. The first kappa shape index (κ1) is 36.5. The normalized spacial score (nSPS) is 19.4. The van der Waals surface area contributed by atoms with E-state index in [1.165, 1.54) is 65.8 Å². The molecular formula is C38H40Cl2GeHf-2. The third-order valence-electron chi connectivity index (χ3n) is 7.33. The van der Waals surface area contributed by atoms with E-state index < -0.39 is 0 Å². The Morgan fingerprint density at radius 3 is 1.36 bits per heavy atom. The van der Waals surface area contributed by atoms with Crippen LogP contribution in [0.15, 0.2) is 143 Å². The SMILES string of the molecule is CCC1=[C-]C2=CC=CCC(c3ccccc3)C2=C1.CCC1=[C-]C2=CC=CCC(c3ccccc3)C2=C1.[CH3][Ge]([CH3])=[Hf+2].[Cl-].[Cl-]. The zero-order valence-electron chi connectivity index (χ0n) is 25.1. The maximum atomic E-state index is 3.52. The van der Waals surface area contributed by atoms with Gasteiger partial charge in [0.1, 0.15) is 0 Å². The number of allylic oxidation sites excluding steroid dienone is 16. The third kappa shape index (κ3) is 10.2. The first-order valence-corrected chi connectivity index (χ1v) is 29.1. The summed E-state index contributed by atoms with van der Waals surface area (Å²) in [5.74, 6) is 5.75. The summed E-state index contributed by atoms with van der Waals surface area (Å²) in [6.45, 7) is 4.39. The van der Waals surface area contributed by atoms with Crippen molar-refractivity contribution in [3.8, 4) is 0 Å². The fourth-order valence-corrected chi connectivity index (χ4v) is 5.34. The molecule has 0 aromatic heterocycles. The summed E-state index contributed by atoms with van der Waals surface area (Å²) in [6.07, 6.45) is 29.2. The summed E-state index contributed by atoms with van der Waals surface area (Å²) in [4.78, 5) is 0. The summed E-state index contributed by atoms with van der Waals surface area (Å²) < 4.78 is 0. The second kappa shape index (κ2) is 18.9. The first-order chi connectivity index (χ1) is 19.5. The van der Waals surface area contributed by atoms with Crippen molar-refractivity contribution in [1.82, 2.24) is 0 Å². The predicted octanol–water partition coefficient (Wildman–Crippen LogP) is 4.26. The molecule has 0 saturated carbocycles. The molecule has 2 unspecified atom stereocenters. The molecule has 0 fully saturated rings. The molecule has 4 heteroatoms. The number of fused-ring (bicyclic) bond motifs is 2. The maximum Gasteiger partial charge on any atom is -1.00 e. The zero-order valence-corrected chi connectivity index (χ0v) is 32.3. The third-order valence-corrected chi connectivity index (χ3v) is 7.33. The molecule has 0 heterocycles. The van der Waals surface area contributed by atoms with Crippen molar-refractivity contribution in [2.75, 3.05) is 0 Å². The van der Waals surface area contributed by atoms with Gasteiger partial charge in [-0.15, -0.1) is 47.6 Å². The molecule has 6 rings (SSSR count). The molecule has 0 nitrogen and oxygen atoms in total. The second-order valence-electron chi connectivity index (χ2n) is 10.6. The standard InChI is InChI=1S/2C18H17.C2H6Ge.2ClH.Hf/c2*1-2-14-12-16-10-6-7-11-17(18(16)13-14)15-8-4-3-5-9-15;1-3-2;;;/h2*3-10,13,17H,2,11H2,1H3;1-2H3;2*1H;/q2*-1;;;;+2/p-2. The van der Waals surface area contributed by atoms with Crippen LogP contribution in [-0.2, 0) is 21.3 Å². The van der Waals surface area contributed by atoms with Crippen LogP contribution in [0, 0.1) is 12.2 Å². The van der Waals surface area contributed by atoms with Crippen LogP contribution in [0.2, 0.25) is 11.5 Å². The number of rotatable bonds is 4. The Kier molecular flexibility index (Phi) is 16.4. The van der Waals surface area contributed by atoms with E-state index in [4.69, 9.17) is 0 Å². The van der Waals surface area contributed by atoms with Gasteiger partial charge >= 0.3 is 42.8 Å². The molecular weight excluding hydrogens is 778 g/mol. The van der Waals surface area contributed by atoms with Crippen molar-refractivity contribution in [2.45, 2.75) is 62.9 Å². The van der Waals surface area contributed by atoms with Crippen LogP contribution in [0.1, 0.15) is 62.5 Å². The van der Waals surface area contributed by atoms with Gasteiger partial charge in [0, 0.05) is 0 Å². The van der Waals surface area contributed by atoms with E-state index in [9.17, 15) is 0 Å². The van der Waals surface area contributed by atoms with Crippen molar-refractivity contribution in [3.63, 3.8) is 0 Å². The van der Waals surface area contributed by atoms with E-state index in [-0.39, 0.29) is 34.9 Å². The molecule has 0 saturated heterocycles. The fraction of sp³-hybridized carbons (Fsp3) is 0.263. The quantitative estimate of drug-likeness (QED) is 0.320. The molecule has 0 spiro atoms. The van der Waals surface area contributed by atoms with Crippen LogP contribution in [0.5, 0.6) is 0 Å². The smallest absolute Gasteiger partial charge is 1.00 e. The molecule has 4 aliphatic carbocycles. The van der Waals surface area contributed by atoms with Crippen LogP contribution >= 0.6 is 0 Å². The molecule has 216 valence electrons. The average Bonchev–Trinajstić information content (AvgIpc) is 3.45. The van der Waals surface area contributed by atoms with Gasteiger partial charge in [0.15, 0.2) is 0 Å². The van der Waals surface area contributed by atoms with E-state index in [0.717, 1.165) is 25.7 Å². The summed E-state index contributed by atoms with van der Waals surface area (Å²) in [6, 6.07) is 21.6. The molecule has 0 bridgehead atoms. The van der Waals surface area contributed by atoms with Crippen molar-refractivity contribution in [2.24, 2.45) is 0 Å². The van der Waals surface area contributed by atoms with E-state index in [0.29, 0.717) is 11.8 Å². The van der Waals surface area contributed by atoms with Gasteiger partial charge < -0.3 is 24.8 Å². The van der Waals surface area contributed by atoms with Crippen molar-refractivity contribution >= 4 is 10.1 Å². The molecule has 0 amide bonds. The van der Waals surface area contributed by atoms with Gasteiger partial charge in [-0.1, -0.05) is 86.7 Å². The fourth-order valence-electron chi connectivity index (χ4n) is 5.34. The van der Waals surface area contributed by atoms with Gasteiger partial charge in [-0.3, -0.25) is 0 Å². The van der Waals surface area contributed by atoms with Crippen molar-refractivity contribution in [1.29, 1.82) is 0 Å². The maximum absolute atomic E-state index is 3.52. The minimum Gasteiger partial charge on any atom is -1.00 e. The Hall–Kier alpha value is -1.65. The van der Waals surface area contributed by atoms with E-state index in [1.807, 2.05) is 0 Å². The Morgan fingerprint density at radius 2 is 1.02 bits per heavy atom. The summed E-state index contributed by atoms with van der Waals surface area (Å²) in [7, 11) is -0.194. The van der Waals surface area contributed by atoms with Crippen molar-refractivity contribution < 1.29 is 46.1 Å². The summed E-state index contributed by atoms with van der Waals surface area (Å²) >= 11 is 1.52. The van der Waals surface area contributed by atoms with Gasteiger partial charge in [-0.2, -0.15) is 34.4 Å². The second-order valence-corrected chi connectivity index (χ2v) is 33.5. The Balaban J connectivity index is 0.000000250. The number of hydrogen-bond acceptors (Lipinski definition) is 0. The molecule has 2 atom stereocenters. The van der Waals surface area contributed by atoms with E-state index in [1.54, 1.807) is 0 Å². The van der Waals surface area contributed by atoms with Crippen LogP contribution < -0.4 is 24.8 Å². The van der Waals surface area contributed by atoms with Gasteiger partial charge in [0.25, 0.3) is 0 Å². The molecule has 4 aliphatic rings. The van der Waals surface area contributed by atoms with Crippen LogP contribution in [0.25, 0.3) is 0 Å². The monoisotopic (exact) mass is 820 g/mol. The molecule has 2 aromatic carbocycles. The number of halogens is 2. The molecule has 0 aliphatic heterocycles. The molecule has 0 N–H and O–H groups in total. The largest absolute Gasteiger partial charge is 1.00 e. The average molecular weight is 819 g/mol. The van der Waals surface area contributed by atoms with E-state index in [2.05, 4.69) is 147 Å². The molecule has 0 radical (unpaired) electrons. The van der Waals surface area contributed by atoms with Crippen molar-refractivity contribution in [3.05, 3.63) is 166 Å². The van der Waals surface area contributed by atoms with Gasteiger partial charge in [-0.25, -0.2) is 0 Å². The van der Waals surface area contributed by atoms with Gasteiger partial charge in [-0.05, 0) is 48.6 Å². The Morgan fingerprint density at radius 1 is 0.667 bits per heavy atom. The van der Waals surface area contributed by atoms with Gasteiger partial charge in [0.05, 0.1) is 0 Å². The van der Waals surface area contributed by atoms with E-state index >= 15 is 0 Å². The number of benzene rings is 2. The van der Waals surface area contributed by atoms with Crippen LogP contribution in [0.3, 0.4) is 0 Å². The zero-order chi connectivity index (χ0) is 28.3. The van der Waals surface area contributed by atoms with Gasteiger partial charge in [0.2, 0.25) is 0 Å². The summed E-state index contributed by atoms with van der Waals surface area (Å²) in [5.41, 5.74) is 10.9. The molecule has 2 aromatic rings. The minimum absolute atomic E-state index is 0. The van der Waals surface area contributed by atoms with Crippen LogP contribution in [-0.4, -0.2) is 10.1 Å². The van der Waals surface area contributed by atoms with Crippen LogP contribution in [0.4, 0.5) is 0 Å².